The normalized spacial score (nSPS) is 12.7. The molecule has 0 aromatic heterocycles. The Hall–Kier alpha value is -2.18. The van der Waals surface area contributed by atoms with Crippen molar-refractivity contribution in [1.29, 1.82) is 0 Å². The number of nitrogens with one attached hydrogen (secondary N) is 1. The van der Waals surface area contributed by atoms with Gasteiger partial charge in [-0.05, 0) is 49.1 Å². The number of hydrogen-bond acceptors (Lipinski definition) is 4. The van der Waals surface area contributed by atoms with Crippen LogP contribution in [0, 0.1) is 0 Å². The van der Waals surface area contributed by atoms with Crippen LogP contribution in [0.25, 0.3) is 0 Å². The number of carbonyl (C=O) groups excluding carboxylic acids is 2. The van der Waals surface area contributed by atoms with Gasteiger partial charge in [0.1, 0.15) is 11.8 Å². The van der Waals surface area contributed by atoms with Crippen LogP contribution >= 0.6 is 23.4 Å². The molecule has 2 rings (SSSR count). The number of nitrogens with zero attached hydrogens (tertiary/aromatic N) is 1. The van der Waals surface area contributed by atoms with E-state index in [2.05, 4.69) is 5.32 Å². The highest BCUT2D eigenvalue weighted by molar-refractivity contribution is 7.99. The molecule has 0 aliphatic heterocycles. The highest BCUT2D eigenvalue weighted by Crippen LogP contribution is 2.22. The summed E-state index contributed by atoms with van der Waals surface area (Å²) in [6.45, 7) is 6.22. The van der Waals surface area contributed by atoms with Crippen LogP contribution in [0.1, 0.15) is 44.7 Å². The average molecular weight is 477 g/mol. The summed E-state index contributed by atoms with van der Waals surface area (Å²) in [7, 11) is 1.64. The second-order valence-electron chi connectivity index (χ2n) is 7.70. The molecule has 174 valence electrons. The number of rotatable bonds is 12. The maximum absolute atomic E-state index is 13.3. The Morgan fingerprint density at radius 3 is 2.38 bits per heavy atom. The number of benzene rings is 2. The van der Waals surface area contributed by atoms with E-state index in [4.69, 9.17) is 16.3 Å². The molecule has 2 atom stereocenters. The molecule has 0 spiro atoms. The quantitative estimate of drug-likeness (QED) is 0.451. The standard InChI is InChI=1S/C25H33ClN2O3S/c1-5-18(3)27-25(30)23(6-2)28(15-20-9-7-8-10-22(20)26)24(29)17-32-16-19-11-13-21(31-4)14-12-19/h7-14,18,23H,5-6,15-17H2,1-4H3,(H,27,30). The monoisotopic (exact) mass is 476 g/mol. The maximum atomic E-state index is 13.3. The molecule has 2 aromatic carbocycles. The van der Waals surface area contributed by atoms with Crippen LogP contribution in [-0.4, -0.2) is 41.7 Å². The lowest BCUT2D eigenvalue weighted by Crippen LogP contribution is -2.51. The fourth-order valence-electron chi connectivity index (χ4n) is 3.23. The van der Waals surface area contributed by atoms with Gasteiger partial charge in [0.25, 0.3) is 0 Å². The zero-order valence-electron chi connectivity index (χ0n) is 19.3. The summed E-state index contributed by atoms with van der Waals surface area (Å²) in [5, 5.41) is 3.62. The lowest BCUT2D eigenvalue weighted by atomic mass is 10.1. The molecule has 0 radical (unpaired) electrons. The molecular weight excluding hydrogens is 444 g/mol. The Bertz CT molecular complexity index is 876. The van der Waals surface area contributed by atoms with Gasteiger partial charge in [-0.1, -0.05) is 55.8 Å². The van der Waals surface area contributed by atoms with Gasteiger partial charge in [0, 0.05) is 23.4 Å². The summed E-state index contributed by atoms with van der Waals surface area (Å²) in [5.74, 6) is 1.59. The smallest absolute Gasteiger partial charge is 0.243 e. The van der Waals surface area contributed by atoms with Gasteiger partial charge in [-0.25, -0.2) is 0 Å². The zero-order chi connectivity index (χ0) is 23.5. The minimum Gasteiger partial charge on any atom is -0.497 e. The molecule has 0 saturated carbocycles. The van der Waals surface area contributed by atoms with Gasteiger partial charge in [-0.2, -0.15) is 0 Å². The third-order valence-corrected chi connectivity index (χ3v) is 6.70. The van der Waals surface area contributed by atoms with Crippen LogP contribution in [0.4, 0.5) is 0 Å². The van der Waals surface area contributed by atoms with Crippen molar-refractivity contribution in [2.45, 2.75) is 58.0 Å². The van der Waals surface area contributed by atoms with Gasteiger partial charge >= 0.3 is 0 Å². The predicted molar refractivity (Wildman–Crippen MR) is 133 cm³/mol. The van der Waals surface area contributed by atoms with Crippen molar-refractivity contribution in [2.24, 2.45) is 0 Å². The molecule has 32 heavy (non-hydrogen) atoms. The summed E-state index contributed by atoms with van der Waals surface area (Å²) >= 11 is 7.89. The third-order valence-electron chi connectivity index (χ3n) is 5.34. The minimum atomic E-state index is -0.547. The Balaban J connectivity index is 2.13. The topological polar surface area (TPSA) is 58.6 Å². The number of methoxy groups -OCH3 is 1. The Morgan fingerprint density at radius 2 is 1.78 bits per heavy atom. The highest BCUT2D eigenvalue weighted by Gasteiger charge is 2.29. The van der Waals surface area contributed by atoms with Crippen LogP contribution in [0.3, 0.4) is 0 Å². The van der Waals surface area contributed by atoms with Gasteiger partial charge < -0.3 is 15.0 Å². The van der Waals surface area contributed by atoms with E-state index >= 15 is 0 Å². The van der Waals surface area contributed by atoms with Crippen LogP contribution in [0.5, 0.6) is 5.75 Å². The summed E-state index contributed by atoms with van der Waals surface area (Å²) in [4.78, 5) is 27.9. The summed E-state index contributed by atoms with van der Waals surface area (Å²) in [5.41, 5.74) is 1.94. The molecule has 1 N–H and O–H groups in total. The van der Waals surface area contributed by atoms with Crippen LogP contribution in [0.2, 0.25) is 5.02 Å². The highest BCUT2D eigenvalue weighted by atomic mass is 35.5. The van der Waals surface area contributed by atoms with Gasteiger partial charge in [0.2, 0.25) is 11.8 Å². The number of thioether (sulfide) groups is 1. The first-order chi connectivity index (χ1) is 15.4. The maximum Gasteiger partial charge on any atom is 0.243 e. The van der Waals surface area contributed by atoms with Crippen molar-refractivity contribution >= 4 is 35.2 Å². The van der Waals surface area contributed by atoms with E-state index in [0.717, 1.165) is 23.3 Å². The van der Waals surface area contributed by atoms with E-state index in [9.17, 15) is 9.59 Å². The van der Waals surface area contributed by atoms with Gasteiger partial charge in [-0.15, -0.1) is 11.8 Å². The fraction of sp³-hybridized carbons (Fsp3) is 0.440. The first kappa shape index (κ1) is 26.1. The lowest BCUT2D eigenvalue weighted by Gasteiger charge is -2.31. The Kier molecular flexibility index (Phi) is 10.9. The van der Waals surface area contributed by atoms with E-state index in [-0.39, 0.29) is 23.6 Å². The van der Waals surface area contributed by atoms with Gasteiger partial charge in [0.05, 0.1) is 12.9 Å². The van der Waals surface area contributed by atoms with Crippen LogP contribution in [0.15, 0.2) is 48.5 Å². The van der Waals surface area contributed by atoms with Gasteiger partial charge in [0.15, 0.2) is 0 Å². The van der Waals surface area contributed by atoms with E-state index in [1.165, 1.54) is 11.8 Å². The molecule has 0 heterocycles. The molecular formula is C25H33ClN2O3S. The Morgan fingerprint density at radius 1 is 1.09 bits per heavy atom. The molecule has 0 aliphatic carbocycles. The lowest BCUT2D eigenvalue weighted by molar-refractivity contribution is -0.139. The second kappa shape index (κ2) is 13.4. The predicted octanol–water partition coefficient (Wildman–Crippen LogP) is 5.30. The number of amides is 2. The third kappa shape index (κ3) is 7.75. The number of carbonyl (C=O) groups is 2. The van der Waals surface area contributed by atoms with Crippen LogP contribution in [-0.2, 0) is 21.9 Å². The molecule has 0 saturated heterocycles. The van der Waals surface area contributed by atoms with Crippen molar-refractivity contribution in [3.05, 3.63) is 64.7 Å². The first-order valence-electron chi connectivity index (χ1n) is 10.9. The molecule has 5 nitrogen and oxygen atoms in total. The van der Waals surface area contributed by atoms with E-state index in [1.807, 2.05) is 63.2 Å². The molecule has 0 fully saturated rings. The molecule has 2 unspecified atom stereocenters. The van der Waals surface area contributed by atoms with E-state index in [1.54, 1.807) is 18.1 Å². The number of hydrogen-bond donors (Lipinski definition) is 1. The molecule has 0 aliphatic rings. The van der Waals surface area contributed by atoms with Crippen molar-refractivity contribution in [1.82, 2.24) is 10.2 Å². The molecule has 0 bridgehead atoms. The zero-order valence-corrected chi connectivity index (χ0v) is 20.8. The SMILES string of the molecule is CCC(C)NC(=O)C(CC)N(Cc1ccccc1Cl)C(=O)CSCc1ccc(OC)cc1. The fourth-order valence-corrected chi connectivity index (χ4v) is 4.30. The van der Waals surface area contributed by atoms with Crippen LogP contribution < -0.4 is 10.1 Å². The number of ether oxygens (including phenoxy) is 1. The average Bonchev–Trinajstić information content (AvgIpc) is 2.80. The summed E-state index contributed by atoms with van der Waals surface area (Å²) in [6, 6.07) is 14.8. The summed E-state index contributed by atoms with van der Waals surface area (Å²) in [6.07, 6.45) is 1.36. The van der Waals surface area contributed by atoms with Crippen molar-refractivity contribution in [3.63, 3.8) is 0 Å². The van der Waals surface area contributed by atoms with E-state index in [0.29, 0.717) is 23.7 Å². The van der Waals surface area contributed by atoms with Crippen molar-refractivity contribution in [3.8, 4) is 5.75 Å². The largest absolute Gasteiger partial charge is 0.497 e. The summed E-state index contributed by atoms with van der Waals surface area (Å²) < 4.78 is 5.19. The molecule has 2 aromatic rings. The van der Waals surface area contributed by atoms with Crippen molar-refractivity contribution in [2.75, 3.05) is 12.9 Å². The van der Waals surface area contributed by atoms with E-state index < -0.39 is 6.04 Å². The van der Waals surface area contributed by atoms with Gasteiger partial charge in [-0.3, -0.25) is 9.59 Å². The molecule has 7 heteroatoms. The number of halogens is 1. The second-order valence-corrected chi connectivity index (χ2v) is 9.09. The first-order valence-corrected chi connectivity index (χ1v) is 12.5. The molecule has 2 amide bonds. The van der Waals surface area contributed by atoms with Crippen molar-refractivity contribution < 1.29 is 14.3 Å². The minimum absolute atomic E-state index is 0.0539. The Labute approximate surface area is 200 Å².